The summed E-state index contributed by atoms with van der Waals surface area (Å²) in [6.45, 7) is 4.96. The van der Waals surface area contributed by atoms with Crippen molar-refractivity contribution >= 4 is 5.84 Å². The number of hydrazine groups is 1. The summed E-state index contributed by atoms with van der Waals surface area (Å²) >= 11 is 0. The molecule has 8 heteroatoms. The molecule has 0 bridgehead atoms. The molecular formula is C18H22N6O2. The standard InChI is InChI=1S/C18H22N6O2/c1-13-3-2-4-14(11-13)15-5-6-24(22-15)16-12-17(20-21-18(25)19-16)23-7-9-26-10-8-23/h2-6,11-12,18,20-21,25H,7-10H2,1H3. The molecule has 0 saturated carbocycles. The third kappa shape index (κ3) is 3.62. The van der Waals surface area contributed by atoms with E-state index in [1.54, 1.807) is 4.68 Å². The molecule has 4 rings (SSSR count). The van der Waals surface area contributed by atoms with Crippen LogP contribution in [0.2, 0.25) is 0 Å². The van der Waals surface area contributed by atoms with E-state index in [1.165, 1.54) is 5.56 Å². The van der Waals surface area contributed by atoms with E-state index in [0.29, 0.717) is 19.0 Å². The van der Waals surface area contributed by atoms with Crippen molar-refractivity contribution in [2.45, 2.75) is 13.3 Å². The number of hydrogen-bond donors (Lipinski definition) is 3. The maximum absolute atomic E-state index is 10.0. The van der Waals surface area contributed by atoms with Crippen LogP contribution in [0.25, 0.3) is 11.3 Å². The molecule has 0 amide bonds. The van der Waals surface area contributed by atoms with E-state index in [1.807, 2.05) is 30.5 Å². The van der Waals surface area contributed by atoms with Gasteiger partial charge >= 0.3 is 0 Å². The number of benzene rings is 1. The van der Waals surface area contributed by atoms with Gasteiger partial charge in [0, 0.05) is 30.9 Å². The van der Waals surface area contributed by atoms with Gasteiger partial charge in [-0.3, -0.25) is 0 Å². The molecule has 0 aliphatic carbocycles. The SMILES string of the molecule is Cc1cccc(-c2ccn(C3=NC(O)NNC(N4CCOCC4)=C3)n2)c1. The van der Waals surface area contributed by atoms with E-state index in [9.17, 15) is 5.11 Å². The van der Waals surface area contributed by atoms with Gasteiger partial charge in [0.1, 0.15) is 5.82 Å². The molecule has 3 heterocycles. The average Bonchev–Trinajstić information content (AvgIpc) is 3.07. The van der Waals surface area contributed by atoms with E-state index in [4.69, 9.17) is 4.74 Å². The lowest BCUT2D eigenvalue weighted by molar-refractivity contribution is 0.0460. The number of morpholine rings is 1. The van der Waals surface area contributed by atoms with Gasteiger partial charge in [-0.2, -0.15) is 10.5 Å². The quantitative estimate of drug-likeness (QED) is 0.735. The minimum atomic E-state index is -1.06. The second kappa shape index (κ2) is 7.28. The van der Waals surface area contributed by atoms with Crippen LogP contribution in [0.3, 0.4) is 0 Å². The molecule has 2 aliphatic rings. The summed E-state index contributed by atoms with van der Waals surface area (Å²) < 4.78 is 7.08. The lowest BCUT2D eigenvalue weighted by atomic mass is 10.1. The van der Waals surface area contributed by atoms with Gasteiger partial charge in [0.2, 0.25) is 6.35 Å². The predicted molar refractivity (Wildman–Crippen MR) is 98.0 cm³/mol. The summed E-state index contributed by atoms with van der Waals surface area (Å²) in [4.78, 5) is 6.43. The first kappa shape index (κ1) is 16.8. The van der Waals surface area contributed by atoms with Crippen LogP contribution in [-0.4, -0.2) is 58.3 Å². The van der Waals surface area contributed by atoms with Gasteiger partial charge in [-0.25, -0.2) is 9.67 Å². The number of aliphatic hydroxyl groups is 1. The molecular weight excluding hydrogens is 332 g/mol. The van der Waals surface area contributed by atoms with Crippen molar-refractivity contribution < 1.29 is 9.84 Å². The third-order valence-electron chi connectivity index (χ3n) is 4.34. The zero-order valence-electron chi connectivity index (χ0n) is 14.6. The third-order valence-corrected chi connectivity index (χ3v) is 4.34. The topological polar surface area (TPSA) is 86.9 Å². The summed E-state index contributed by atoms with van der Waals surface area (Å²) in [6.07, 6.45) is 2.66. The molecule has 1 atom stereocenters. The van der Waals surface area contributed by atoms with Gasteiger partial charge in [-0.1, -0.05) is 23.8 Å². The van der Waals surface area contributed by atoms with E-state index in [-0.39, 0.29) is 0 Å². The molecule has 1 unspecified atom stereocenters. The zero-order chi connectivity index (χ0) is 17.9. The molecule has 2 aliphatic heterocycles. The van der Waals surface area contributed by atoms with Crippen LogP contribution in [0.15, 0.2) is 53.4 Å². The molecule has 1 aromatic carbocycles. The average molecular weight is 354 g/mol. The Morgan fingerprint density at radius 1 is 1.23 bits per heavy atom. The fourth-order valence-electron chi connectivity index (χ4n) is 3.00. The van der Waals surface area contributed by atoms with Crippen molar-refractivity contribution in [3.05, 3.63) is 54.0 Å². The molecule has 2 aromatic rings. The molecule has 136 valence electrons. The van der Waals surface area contributed by atoms with Gasteiger partial charge in [0.25, 0.3) is 0 Å². The van der Waals surface area contributed by atoms with Crippen molar-refractivity contribution in [3.63, 3.8) is 0 Å². The van der Waals surface area contributed by atoms with Crippen molar-refractivity contribution in [3.8, 4) is 11.3 Å². The zero-order valence-corrected chi connectivity index (χ0v) is 14.6. The number of nitrogens with one attached hydrogen (secondary N) is 2. The highest BCUT2D eigenvalue weighted by Crippen LogP contribution is 2.18. The molecule has 0 spiro atoms. The van der Waals surface area contributed by atoms with Crippen LogP contribution in [0.4, 0.5) is 0 Å². The number of rotatable bonds is 2. The molecule has 8 nitrogen and oxygen atoms in total. The molecule has 3 N–H and O–H groups in total. The number of ether oxygens (including phenoxy) is 1. The Balaban J connectivity index is 1.64. The van der Waals surface area contributed by atoms with Gasteiger partial charge in [-0.05, 0) is 19.1 Å². The number of allylic oxidation sites excluding steroid dienone is 1. The molecule has 0 radical (unpaired) electrons. The predicted octanol–water partition coefficient (Wildman–Crippen LogP) is 0.662. The fraction of sp³-hybridized carbons (Fsp3) is 0.333. The number of aryl methyl sites for hydroxylation is 1. The minimum absolute atomic E-state index is 0.551. The number of hydrogen-bond acceptors (Lipinski definition) is 7. The second-order valence-corrected chi connectivity index (χ2v) is 6.27. The Morgan fingerprint density at radius 3 is 2.88 bits per heavy atom. The number of aromatic nitrogens is 2. The van der Waals surface area contributed by atoms with Crippen LogP contribution >= 0.6 is 0 Å². The molecule has 26 heavy (non-hydrogen) atoms. The van der Waals surface area contributed by atoms with Crippen molar-refractivity contribution in [1.82, 2.24) is 25.5 Å². The van der Waals surface area contributed by atoms with Gasteiger partial charge in [-0.15, -0.1) is 0 Å². The van der Waals surface area contributed by atoms with E-state index in [2.05, 4.69) is 44.9 Å². The summed E-state index contributed by atoms with van der Waals surface area (Å²) in [5.41, 5.74) is 8.88. The highest BCUT2D eigenvalue weighted by molar-refractivity contribution is 5.95. The van der Waals surface area contributed by atoms with Crippen molar-refractivity contribution in [1.29, 1.82) is 0 Å². The smallest absolute Gasteiger partial charge is 0.220 e. The van der Waals surface area contributed by atoms with Crippen LogP contribution < -0.4 is 10.9 Å². The number of aliphatic hydroxyl groups excluding tert-OH is 1. The molecule has 1 aromatic heterocycles. The summed E-state index contributed by atoms with van der Waals surface area (Å²) in [6, 6.07) is 10.1. The highest BCUT2D eigenvalue weighted by Gasteiger charge is 2.19. The van der Waals surface area contributed by atoms with Crippen LogP contribution in [0.1, 0.15) is 5.56 Å². The fourth-order valence-corrected chi connectivity index (χ4v) is 3.00. The Labute approximate surface area is 151 Å². The number of nitrogens with zero attached hydrogens (tertiary/aromatic N) is 4. The van der Waals surface area contributed by atoms with Gasteiger partial charge in [0.15, 0.2) is 5.84 Å². The maximum atomic E-state index is 10.0. The molecule has 1 saturated heterocycles. The second-order valence-electron chi connectivity index (χ2n) is 6.27. The lowest BCUT2D eigenvalue weighted by Gasteiger charge is -2.31. The largest absolute Gasteiger partial charge is 0.378 e. The van der Waals surface area contributed by atoms with Crippen molar-refractivity contribution in [2.75, 3.05) is 26.3 Å². The first-order valence-electron chi connectivity index (χ1n) is 8.64. The lowest BCUT2D eigenvalue weighted by Crippen LogP contribution is -2.46. The summed E-state index contributed by atoms with van der Waals surface area (Å²) in [5, 5.41) is 14.7. The van der Waals surface area contributed by atoms with Crippen LogP contribution in [-0.2, 0) is 4.74 Å². The van der Waals surface area contributed by atoms with Crippen molar-refractivity contribution in [2.24, 2.45) is 4.99 Å². The van der Waals surface area contributed by atoms with E-state index < -0.39 is 6.35 Å². The maximum Gasteiger partial charge on any atom is 0.220 e. The Kier molecular flexibility index (Phi) is 4.70. The molecule has 1 fully saturated rings. The summed E-state index contributed by atoms with van der Waals surface area (Å²) in [5.74, 6) is 1.38. The normalized spacial score (nSPS) is 20.8. The minimum Gasteiger partial charge on any atom is -0.378 e. The Morgan fingerprint density at radius 2 is 2.08 bits per heavy atom. The van der Waals surface area contributed by atoms with E-state index >= 15 is 0 Å². The van der Waals surface area contributed by atoms with Gasteiger partial charge in [0.05, 0.1) is 18.9 Å². The highest BCUT2D eigenvalue weighted by atomic mass is 16.5. The monoisotopic (exact) mass is 354 g/mol. The first-order valence-corrected chi connectivity index (χ1v) is 8.64. The summed E-state index contributed by atoms with van der Waals surface area (Å²) in [7, 11) is 0. The first-order chi connectivity index (χ1) is 12.7. The van der Waals surface area contributed by atoms with E-state index in [0.717, 1.165) is 30.2 Å². The van der Waals surface area contributed by atoms with Crippen LogP contribution in [0.5, 0.6) is 0 Å². The Bertz CT molecular complexity index is 838. The number of aliphatic imine (C=N–C) groups is 1. The van der Waals surface area contributed by atoms with Crippen LogP contribution in [0, 0.1) is 6.92 Å². The Hall–Kier alpha value is -2.68. The van der Waals surface area contributed by atoms with Gasteiger partial charge < -0.3 is 20.2 Å².